The van der Waals surface area contributed by atoms with E-state index in [-0.39, 0.29) is 12.8 Å². The lowest BCUT2D eigenvalue weighted by molar-refractivity contribution is 0.548. The van der Waals surface area contributed by atoms with Crippen molar-refractivity contribution in [2.24, 2.45) is 0 Å². The number of hydrogen-bond acceptors (Lipinski definition) is 0. The highest BCUT2D eigenvalue weighted by atomic mass is 14.4. The third-order valence-electron chi connectivity index (χ3n) is 4.15. The topological polar surface area (TPSA) is 0 Å². The Bertz CT molecular complexity index is 503. The molecule has 0 amide bonds. The quantitative estimate of drug-likeness (QED) is 0.610. The predicted molar refractivity (Wildman–Crippen MR) is 82.7 cm³/mol. The summed E-state index contributed by atoms with van der Waals surface area (Å²) in [6.07, 6.45) is 7.19. The zero-order valence-corrected chi connectivity index (χ0v) is 11.0. The molecule has 1 aliphatic rings. The third kappa shape index (κ3) is 1.96. The first kappa shape index (κ1) is 14.5. The summed E-state index contributed by atoms with van der Waals surface area (Å²) in [6, 6.07) is 8.75. The van der Waals surface area contributed by atoms with E-state index in [0.717, 1.165) is 6.42 Å². The molecule has 0 heteroatoms. The average molecular weight is 240 g/mol. The molecule has 1 unspecified atom stereocenters. The molecule has 0 saturated heterocycles. The van der Waals surface area contributed by atoms with Gasteiger partial charge in [0, 0.05) is 5.41 Å². The van der Waals surface area contributed by atoms with Gasteiger partial charge in [0.05, 0.1) is 0 Å². The molecule has 0 N–H and O–H groups in total. The molecular weight excluding hydrogens is 216 g/mol. The van der Waals surface area contributed by atoms with Crippen molar-refractivity contribution in [3.63, 3.8) is 0 Å². The van der Waals surface area contributed by atoms with Crippen LogP contribution in [0.15, 0.2) is 54.6 Å². The molecule has 0 spiro atoms. The zero-order valence-electron chi connectivity index (χ0n) is 11.0. The molecule has 1 aliphatic carbocycles. The van der Waals surface area contributed by atoms with E-state index in [2.05, 4.69) is 57.7 Å². The summed E-state index contributed by atoms with van der Waals surface area (Å²) in [5, 5.41) is 0. The first-order valence-corrected chi connectivity index (χ1v) is 6.25. The minimum Gasteiger partial charge on any atom is -0.0991 e. The first-order chi connectivity index (χ1) is 8.15. The number of rotatable bonds is 3. The normalized spacial score (nSPS) is 21.9. The van der Waals surface area contributed by atoms with Gasteiger partial charge in [-0.1, -0.05) is 75.9 Å². The van der Waals surface area contributed by atoms with Crippen LogP contribution in [0.5, 0.6) is 0 Å². The van der Waals surface area contributed by atoms with E-state index in [1.807, 2.05) is 12.2 Å². The molecule has 0 radical (unpaired) electrons. The molecule has 0 aromatic heterocycles. The van der Waals surface area contributed by atoms with Gasteiger partial charge in [-0.3, -0.25) is 0 Å². The molecule has 1 atom stereocenters. The molecule has 1 aromatic carbocycles. The molecule has 2 rings (SSSR count). The molecule has 18 heavy (non-hydrogen) atoms. The summed E-state index contributed by atoms with van der Waals surface area (Å²) in [6.45, 7) is 10.6. The minimum atomic E-state index is 0. The summed E-state index contributed by atoms with van der Waals surface area (Å²) in [5.74, 6) is 0. The van der Waals surface area contributed by atoms with Gasteiger partial charge in [0.25, 0.3) is 0 Å². The fraction of sp³-hybridized carbons (Fsp3) is 0.333. The van der Waals surface area contributed by atoms with Crippen LogP contribution in [-0.4, -0.2) is 0 Å². The van der Waals surface area contributed by atoms with Crippen LogP contribution in [0.1, 0.15) is 45.7 Å². The Labute approximate surface area is 112 Å². The number of hydrogen-bond donors (Lipinski definition) is 0. The smallest absolute Gasteiger partial charge is 0.0143 e. The molecule has 0 aliphatic heterocycles. The van der Waals surface area contributed by atoms with Crippen LogP contribution >= 0.6 is 0 Å². The Morgan fingerprint density at radius 3 is 2.56 bits per heavy atom. The standard InChI is InChI=1S/C17H20.CH4/c1-5-7-10-14-13(3)17(4,6-2)16-12-9-8-11-15(14)16;/h5,7-12H,1,6H2,2-4H3;1H4/b10-7-;. The maximum absolute atomic E-state index is 3.75. The molecule has 96 valence electrons. The van der Waals surface area contributed by atoms with E-state index in [1.54, 1.807) is 0 Å². The average Bonchev–Trinajstić information content (AvgIpc) is 2.58. The van der Waals surface area contributed by atoms with Gasteiger partial charge in [-0.15, -0.1) is 0 Å². The third-order valence-corrected chi connectivity index (χ3v) is 4.15. The van der Waals surface area contributed by atoms with Crippen LogP contribution in [0.3, 0.4) is 0 Å². The summed E-state index contributed by atoms with van der Waals surface area (Å²) in [5.41, 5.74) is 5.87. The van der Waals surface area contributed by atoms with E-state index in [9.17, 15) is 0 Å². The van der Waals surface area contributed by atoms with Crippen molar-refractivity contribution in [3.05, 3.63) is 65.8 Å². The van der Waals surface area contributed by atoms with Gasteiger partial charge >= 0.3 is 0 Å². The Morgan fingerprint density at radius 2 is 1.94 bits per heavy atom. The highest BCUT2D eigenvalue weighted by Gasteiger charge is 2.36. The maximum Gasteiger partial charge on any atom is 0.0143 e. The van der Waals surface area contributed by atoms with E-state index < -0.39 is 0 Å². The predicted octanol–water partition coefficient (Wildman–Crippen LogP) is 5.52. The van der Waals surface area contributed by atoms with Crippen molar-refractivity contribution >= 4 is 5.57 Å². The Kier molecular flexibility index (Phi) is 4.34. The van der Waals surface area contributed by atoms with Crippen molar-refractivity contribution in [1.82, 2.24) is 0 Å². The molecule has 0 nitrogen and oxygen atoms in total. The largest absolute Gasteiger partial charge is 0.0991 e. The fourth-order valence-electron chi connectivity index (χ4n) is 2.74. The van der Waals surface area contributed by atoms with Crippen molar-refractivity contribution in [3.8, 4) is 0 Å². The molecule has 0 fully saturated rings. The number of benzene rings is 1. The second kappa shape index (κ2) is 5.39. The highest BCUT2D eigenvalue weighted by Crippen LogP contribution is 2.48. The van der Waals surface area contributed by atoms with Gasteiger partial charge in [0.2, 0.25) is 0 Å². The van der Waals surface area contributed by atoms with Crippen LogP contribution in [-0.2, 0) is 5.41 Å². The minimum absolute atomic E-state index is 0. The van der Waals surface area contributed by atoms with Crippen LogP contribution in [0.25, 0.3) is 5.57 Å². The molecule has 0 heterocycles. The summed E-state index contributed by atoms with van der Waals surface area (Å²) in [7, 11) is 0. The van der Waals surface area contributed by atoms with Crippen LogP contribution in [0, 0.1) is 0 Å². The summed E-state index contributed by atoms with van der Waals surface area (Å²) >= 11 is 0. The zero-order chi connectivity index (χ0) is 12.5. The van der Waals surface area contributed by atoms with Gasteiger partial charge in [0.1, 0.15) is 0 Å². The SMILES string of the molecule is C.C=C/C=C\C1=C(C)C(C)(CC)c2ccccc21. The van der Waals surface area contributed by atoms with E-state index >= 15 is 0 Å². The van der Waals surface area contributed by atoms with E-state index in [4.69, 9.17) is 0 Å². The second-order valence-electron chi connectivity index (χ2n) is 4.86. The van der Waals surface area contributed by atoms with Gasteiger partial charge in [-0.05, 0) is 30.0 Å². The fourth-order valence-corrected chi connectivity index (χ4v) is 2.74. The van der Waals surface area contributed by atoms with E-state index in [0.29, 0.717) is 0 Å². The molecule has 0 bridgehead atoms. The molecular formula is C18H24. The summed E-state index contributed by atoms with van der Waals surface area (Å²) in [4.78, 5) is 0. The van der Waals surface area contributed by atoms with Crippen molar-refractivity contribution in [2.45, 2.75) is 40.0 Å². The lowest BCUT2D eigenvalue weighted by atomic mass is 9.77. The number of fused-ring (bicyclic) bond motifs is 1. The number of allylic oxidation sites excluding steroid dienone is 5. The van der Waals surface area contributed by atoms with Crippen LogP contribution in [0.2, 0.25) is 0 Å². The lowest BCUT2D eigenvalue weighted by Crippen LogP contribution is -2.19. The maximum atomic E-state index is 3.75. The van der Waals surface area contributed by atoms with Gasteiger partial charge in [-0.25, -0.2) is 0 Å². The highest BCUT2D eigenvalue weighted by molar-refractivity contribution is 5.85. The molecule has 0 saturated carbocycles. The van der Waals surface area contributed by atoms with Crippen molar-refractivity contribution < 1.29 is 0 Å². The lowest BCUT2D eigenvalue weighted by Gasteiger charge is -2.26. The van der Waals surface area contributed by atoms with Gasteiger partial charge < -0.3 is 0 Å². The Morgan fingerprint density at radius 1 is 1.28 bits per heavy atom. The van der Waals surface area contributed by atoms with Crippen LogP contribution < -0.4 is 0 Å². The Hall–Kier alpha value is -1.56. The monoisotopic (exact) mass is 240 g/mol. The summed E-state index contributed by atoms with van der Waals surface area (Å²) < 4.78 is 0. The van der Waals surface area contributed by atoms with Crippen molar-refractivity contribution in [2.75, 3.05) is 0 Å². The van der Waals surface area contributed by atoms with E-state index in [1.165, 1.54) is 22.3 Å². The first-order valence-electron chi connectivity index (χ1n) is 6.25. The van der Waals surface area contributed by atoms with Gasteiger partial charge in [-0.2, -0.15) is 0 Å². The Balaban J connectivity index is 0.00000162. The molecule has 1 aromatic rings. The second-order valence-corrected chi connectivity index (χ2v) is 4.86. The van der Waals surface area contributed by atoms with Gasteiger partial charge in [0.15, 0.2) is 0 Å². The van der Waals surface area contributed by atoms with Crippen molar-refractivity contribution in [1.29, 1.82) is 0 Å². The van der Waals surface area contributed by atoms with Crippen LogP contribution in [0.4, 0.5) is 0 Å².